The lowest BCUT2D eigenvalue weighted by molar-refractivity contribution is -0.277. The molecule has 6 atom stereocenters. The summed E-state index contributed by atoms with van der Waals surface area (Å²) in [5, 5.41) is 5.15. The van der Waals surface area contributed by atoms with Crippen LogP contribution in [0.3, 0.4) is 0 Å². The molecule has 3 aromatic heterocycles. The fourth-order valence-corrected chi connectivity index (χ4v) is 10.8. The van der Waals surface area contributed by atoms with Gasteiger partial charge in [0.05, 0.1) is 22.1 Å². The Bertz CT molecular complexity index is 2210. The third kappa shape index (κ3) is 2.47. The van der Waals surface area contributed by atoms with Crippen LogP contribution in [0.5, 0.6) is 0 Å². The second kappa shape index (κ2) is 7.52. The van der Waals surface area contributed by atoms with Crippen LogP contribution >= 0.6 is 0 Å². The number of nitrogens with zero attached hydrogens (tertiary/aromatic N) is 3. The van der Waals surface area contributed by atoms with Crippen LogP contribution in [0.4, 0.5) is 0 Å². The zero-order valence-electron chi connectivity index (χ0n) is 23.4. The van der Waals surface area contributed by atoms with E-state index in [0.717, 1.165) is 46.6 Å². The number of pyridine rings is 1. The first-order valence-electron chi connectivity index (χ1n) is 15.8. The summed E-state index contributed by atoms with van der Waals surface area (Å²) >= 11 is 0. The first kappa shape index (κ1) is 22.3. The summed E-state index contributed by atoms with van der Waals surface area (Å²) < 4.78 is 4.74. The minimum Gasteiger partial charge on any atom is -0.294 e. The second-order valence-electron chi connectivity index (χ2n) is 13.6. The maximum Gasteiger partial charge on any atom is 0.140 e. The van der Waals surface area contributed by atoms with Gasteiger partial charge in [-0.15, -0.1) is 0 Å². The number of fused-ring (bicyclic) bond motifs is 6. The Labute approximate surface area is 244 Å². The third-order valence-corrected chi connectivity index (χ3v) is 12.3. The standard InChI is InChI=1S/C39H31N3/c1-4-11-33-27(8-1)28-9-2-5-12-34(28)41(33)37-14-7-15-38(40-37)42-35-13-6-3-10-29(35)30-17-16-23(18-36(30)42)31-21-25-19-24-20-26-22-32(31)39(24,25)26/h1-18,24-26,31-32H,19-22H2. The highest BCUT2D eigenvalue weighted by molar-refractivity contribution is 6.10. The number of para-hydroxylation sites is 3. The maximum atomic E-state index is 5.40. The number of benzene rings is 4. The summed E-state index contributed by atoms with van der Waals surface area (Å²) in [6.07, 6.45) is 5.92. The zero-order chi connectivity index (χ0) is 27.2. The molecule has 0 aliphatic heterocycles. The normalized spacial score (nSPS) is 28.9. The van der Waals surface area contributed by atoms with Crippen LogP contribution < -0.4 is 0 Å². The summed E-state index contributed by atoms with van der Waals surface area (Å²) in [6.45, 7) is 0. The highest BCUT2D eigenvalue weighted by Crippen LogP contribution is 2.86. The van der Waals surface area contributed by atoms with Gasteiger partial charge in [-0.2, -0.15) is 0 Å². The van der Waals surface area contributed by atoms with E-state index in [9.17, 15) is 0 Å². The molecule has 0 amide bonds. The minimum atomic E-state index is 0.726. The van der Waals surface area contributed by atoms with Crippen LogP contribution in [-0.2, 0) is 0 Å². The molecule has 3 nitrogen and oxygen atoms in total. The van der Waals surface area contributed by atoms with Gasteiger partial charge >= 0.3 is 0 Å². The van der Waals surface area contributed by atoms with Crippen LogP contribution in [0.1, 0.15) is 37.2 Å². The lowest BCUT2D eigenvalue weighted by Gasteiger charge is -2.76. The molecule has 3 heterocycles. The van der Waals surface area contributed by atoms with E-state index >= 15 is 0 Å². The Morgan fingerprint density at radius 1 is 0.500 bits per heavy atom. The summed E-state index contributed by atoms with van der Waals surface area (Å²) in [6, 6.07) is 40.1. The van der Waals surface area contributed by atoms with Gasteiger partial charge < -0.3 is 0 Å². The number of hydrogen-bond acceptors (Lipinski definition) is 1. The number of aromatic nitrogens is 3. The monoisotopic (exact) mass is 541 g/mol. The van der Waals surface area contributed by atoms with E-state index in [1.165, 1.54) is 69.3 Å². The van der Waals surface area contributed by atoms with Crippen LogP contribution in [0.15, 0.2) is 109 Å². The van der Waals surface area contributed by atoms with E-state index in [2.05, 4.69) is 118 Å². The molecule has 11 rings (SSSR count). The van der Waals surface area contributed by atoms with E-state index in [0.29, 0.717) is 0 Å². The summed E-state index contributed by atoms with van der Waals surface area (Å²) in [5.74, 6) is 6.69. The first-order valence-corrected chi connectivity index (χ1v) is 15.8. The SMILES string of the molecule is c1cc(-n2c3ccccc3c3ccccc32)nc(-n2c3ccccc3c3ccc(C4CC5CC6CC7CC4C567)cc32)c1. The molecule has 6 unspecified atom stereocenters. The Morgan fingerprint density at radius 3 is 1.60 bits per heavy atom. The smallest absolute Gasteiger partial charge is 0.140 e. The van der Waals surface area contributed by atoms with E-state index in [1.54, 1.807) is 5.56 Å². The predicted octanol–water partition coefficient (Wildman–Crippen LogP) is 9.43. The Morgan fingerprint density at radius 2 is 1.02 bits per heavy atom. The van der Waals surface area contributed by atoms with Gasteiger partial charge in [0.15, 0.2) is 0 Å². The van der Waals surface area contributed by atoms with Gasteiger partial charge in [-0.05, 0) is 103 Å². The van der Waals surface area contributed by atoms with E-state index in [1.807, 2.05) is 0 Å². The zero-order valence-corrected chi connectivity index (χ0v) is 23.4. The molecule has 42 heavy (non-hydrogen) atoms. The Hall–Kier alpha value is -4.37. The lowest BCUT2D eigenvalue weighted by atomic mass is 9.28. The summed E-state index contributed by atoms with van der Waals surface area (Å²) in [5.41, 5.74) is 7.21. The molecule has 202 valence electrons. The largest absolute Gasteiger partial charge is 0.294 e. The molecule has 0 saturated heterocycles. The van der Waals surface area contributed by atoms with Crippen LogP contribution in [0.25, 0.3) is 55.2 Å². The van der Waals surface area contributed by atoms with Gasteiger partial charge in [0.25, 0.3) is 0 Å². The van der Waals surface area contributed by atoms with Crippen molar-refractivity contribution >= 4 is 43.6 Å². The van der Waals surface area contributed by atoms with Crippen LogP contribution in [0.2, 0.25) is 0 Å². The maximum absolute atomic E-state index is 5.40. The molecule has 4 aromatic carbocycles. The molecule has 0 N–H and O–H groups in total. The van der Waals surface area contributed by atoms with E-state index < -0.39 is 0 Å². The van der Waals surface area contributed by atoms with Crippen molar-refractivity contribution in [1.29, 1.82) is 0 Å². The van der Waals surface area contributed by atoms with Crippen molar-refractivity contribution in [2.45, 2.75) is 31.6 Å². The Kier molecular flexibility index (Phi) is 3.99. The van der Waals surface area contributed by atoms with Gasteiger partial charge in [-0.3, -0.25) is 9.13 Å². The van der Waals surface area contributed by atoms with Crippen molar-refractivity contribution < 1.29 is 0 Å². The number of hydrogen-bond donors (Lipinski definition) is 0. The minimum absolute atomic E-state index is 0.726. The van der Waals surface area contributed by atoms with Crippen LogP contribution in [-0.4, -0.2) is 14.1 Å². The second-order valence-corrected chi connectivity index (χ2v) is 13.6. The third-order valence-electron chi connectivity index (χ3n) is 12.3. The summed E-state index contributed by atoms with van der Waals surface area (Å²) in [4.78, 5) is 5.40. The fourth-order valence-electron chi connectivity index (χ4n) is 10.8. The van der Waals surface area contributed by atoms with Crippen LogP contribution in [0, 0.1) is 29.1 Å². The molecule has 0 radical (unpaired) electrons. The fraction of sp³-hybridized carbons (Fsp3) is 0.256. The quantitative estimate of drug-likeness (QED) is 0.218. The van der Waals surface area contributed by atoms with Crippen molar-refractivity contribution in [1.82, 2.24) is 14.1 Å². The van der Waals surface area contributed by atoms with E-state index in [4.69, 9.17) is 4.98 Å². The topological polar surface area (TPSA) is 22.8 Å². The molecule has 0 bridgehead atoms. The highest BCUT2D eigenvalue weighted by Gasteiger charge is 2.79. The molecule has 4 fully saturated rings. The molecular weight excluding hydrogens is 510 g/mol. The van der Waals surface area contributed by atoms with Gasteiger partial charge in [-0.25, -0.2) is 4.98 Å². The first-order chi connectivity index (χ1) is 20.8. The van der Waals surface area contributed by atoms with Crippen molar-refractivity contribution in [2.24, 2.45) is 29.1 Å². The van der Waals surface area contributed by atoms with Gasteiger partial charge in [0.2, 0.25) is 0 Å². The van der Waals surface area contributed by atoms with E-state index in [-0.39, 0.29) is 0 Å². The van der Waals surface area contributed by atoms with Gasteiger partial charge in [0, 0.05) is 21.5 Å². The molecule has 7 aromatic rings. The molecule has 3 heteroatoms. The van der Waals surface area contributed by atoms with Crippen molar-refractivity contribution in [2.75, 3.05) is 0 Å². The summed E-state index contributed by atoms with van der Waals surface area (Å²) in [7, 11) is 0. The van der Waals surface area contributed by atoms with Crippen molar-refractivity contribution in [3.05, 3.63) is 115 Å². The molecule has 4 aliphatic carbocycles. The van der Waals surface area contributed by atoms with Crippen molar-refractivity contribution in [3.8, 4) is 11.6 Å². The molecule has 4 saturated carbocycles. The molecule has 4 aliphatic rings. The predicted molar refractivity (Wildman–Crippen MR) is 171 cm³/mol. The average Bonchev–Trinajstić information content (AvgIpc) is 3.65. The molecule has 1 spiro atoms. The van der Waals surface area contributed by atoms with Gasteiger partial charge in [-0.1, -0.05) is 72.8 Å². The number of rotatable bonds is 3. The molecular formula is C39H31N3. The average molecular weight is 542 g/mol. The lowest BCUT2D eigenvalue weighted by Crippen LogP contribution is -2.70. The highest BCUT2D eigenvalue weighted by atomic mass is 15.1. The Balaban J connectivity index is 1.12. The van der Waals surface area contributed by atoms with Crippen molar-refractivity contribution in [3.63, 3.8) is 0 Å². The van der Waals surface area contributed by atoms with Gasteiger partial charge in [0.1, 0.15) is 11.6 Å².